The molecule has 37 heavy (non-hydrogen) atoms. The molecule has 4 aromatic rings. The van der Waals surface area contributed by atoms with Crippen molar-refractivity contribution in [2.24, 2.45) is 5.16 Å². The molecule has 7 heteroatoms. The van der Waals surface area contributed by atoms with Crippen molar-refractivity contribution >= 4 is 45.1 Å². The first kappa shape index (κ1) is 25.8. The molecule has 0 bridgehead atoms. The van der Waals surface area contributed by atoms with Crippen LogP contribution >= 0.6 is 0 Å². The molecular weight excluding hydrogens is 468 g/mol. The van der Waals surface area contributed by atoms with Gasteiger partial charge in [0, 0.05) is 52.0 Å². The van der Waals surface area contributed by atoms with Crippen molar-refractivity contribution in [2.75, 3.05) is 7.11 Å². The van der Waals surface area contributed by atoms with E-state index in [1.807, 2.05) is 37.3 Å². The lowest BCUT2D eigenvalue weighted by atomic mass is 9.99. The van der Waals surface area contributed by atoms with Gasteiger partial charge in [-0.15, -0.1) is 0 Å². The summed E-state index contributed by atoms with van der Waals surface area (Å²) in [4.78, 5) is 42.7. The number of nitrogens with zero attached hydrogens (tertiary/aromatic N) is 2. The Hall–Kier alpha value is -4.26. The largest absolute Gasteiger partial charge is 0.497 e. The van der Waals surface area contributed by atoms with E-state index in [1.54, 1.807) is 37.4 Å². The first-order chi connectivity index (χ1) is 17.9. The molecule has 7 nitrogen and oxygen atoms in total. The van der Waals surface area contributed by atoms with Crippen molar-refractivity contribution in [1.82, 2.24) is 4.57 Å². The van der Waals surface area contributed by atoms with E-state index in [0.717, 1.165) is 41.2 Å². The van der Waals surface area contributed by atoms with Crippen LogP contribution in [0.25, 0.3) is 21.8 Å². The van der Waals surface area contributed by atoms with E-state index >= 15 is 0 Å². The lowest BCUT2D eigenvalue weighted by molar-refractivity contribution is -0.140. The SMILES string of the molecule is CCCC/C(=N\OC(C)=O)C(=O)c1ccc2c(c1)c1cc(C(=O)c3ccc(OC)cc3)ccc1n2CC. The number of Topliss-reactive ketones (excluding diaryl/α,β-unsaturated/α-hetero) is 1. The molecule has 1 aromatic heterocycles. The molecule has 1 heterocycles. The number of rotatable bonds is 10. The molecular formula is C30H30N2O5. The van der Waals surface area contributed by atoms with Crippen LogP contribution in [-0.4, -0.2) is 34.9 Å². The predicted octanol–water partition coefficient (Wildman–Crippen LogP) is 6.35. The van der Waals surface area contributed by atoms with Gasteiger partial charge in [-0.25, -0.2) is 4.79 Å². The highest BCUT2D eigenvalue weighted by molar-refractivity contribution is 6.46. The summed E-state index contributed by atoms with van der Waals surface area (Å²) in [5.74, 6) is -0.257. The Balaban J connectivity index is 1.80. The van der Waals surface area contributed by atoms with Crippen LogP contribution in [0.15, 0.2) is 65.8 Å². The maximum atomic E-state index is 13.3. The maximum Gasteiger partial charge on any atom is 0.331 e. The number of hydrogen-bond acceptors (Lipinski definition) is 6. The van der Waals surface area contributed by atoms with Crippen molar-refractivity contribution in [3.8, 4) is 5.75 Å². The van der Waals surface area contributed by atoms with Gasteiger partial charge in [0.1, 0.15) is 11.5 Å². The second-order valence-electron chi connectivity index (χ2n) is 8.82. The molecule has 0 radical (unpaired) electrons. The number of ether oxygens (including phenoxy) is 1. The third-order valence-electron chi connectivity index (χ3n) is 6.37. The van der Waals surface area contributed by atoms with Gasteiger partial charge in [-0.2, -0.15) is 0 Å². The highest BCUT2D eigenvalue weighted by Crippen LogP contribution is 2.32. The number of hydrogen-bond donors (Lipinski definition) is 0. The number of oxime groups is 1. The van der Waals surface area contributed by atoms with Crippen LogP contribution in [0.3, 0.4) is 0 Å². The summed E-state index contributed by atoms with van der Waals surface area (Å²) in [6, 6.07) is 18.2. The Labute approximate surface area is 215 Å². The minimum absolute atomic E-state index is 0.0930. The molecule has 0 amide bonds. The number of unbranched alkanes of at least 4 members (excludes halogenated alkanes) is 1. The lowest BCUT2D eigenvalue weighted by Crippen LogP contribution is -2.15. The van der Waals surface area contributed by atoms with Crippen LogP contribution < -0.4 is 4.74 Å². The molecule has 0 aliphatic carbocycles. The Morgan fingerprint density at radius 3 is 2.00 bits per heavy atom. The zero-order chi connectivity index (χ0) is 26.5. The zero-order valence-electron chi connectivity index (χ0n) is 21.5. The molecule has 0 fully saturated rings. The van der Waals surface area contributed by atoms with Crippen LogP contribution in [0.5, 0.6) is 5.75 Å². The van der Waals surface area contributed by atoms with Gasteiger partial charge < -0.3 is 14.1 Å². The molecule has 0 saturated heterocycles. The van der Waals surface area contributed by atoms with Gasteiger partial charge in [0.15, 0.2) is 5.78 Å². The van der Waals surface area contributed by atoms with E-state index in [9.17, 15) is 14.4 Å². The van der Waals surface area contributed by atoms with Crippen molar-refractivity contribution in [3.05, 3.63) is 77.4 Å². The highest BCUT2D eigenvalue weighted by Gasteiger charge is 2.19. The van der Waals surface area contributed by atoms with Gasteiger partial charge in [0.25, 0.3) is 0 Å². The number of aryl methyl sites for hydroxylation is 1. The van der Waals surface area contributed by atoms with Crippen LogP contribution in [0.1, 0.15) is 66.3 Å². The summed E-state index contributed by atoms with van der Waals surface area (Å²) in [7, 11) is 1.59. The molecule has 0 aliphatic rings. The standard InChI is InChI=1S/C30H30N2O5/c1-5-7-8-26(31-37-19(3)33)30(35)22-12-16-28-25(18-22)24-17-21(11-15-27(24)32(28)6-2)29(34)20-9-13-23(36-4)14-10-20/h9-18H,5-8H2,1-4H3/b31-26+. The number of carbonyl (C=O) groups excluding carboxylic acids is 3. The number of methoxy groups -OCH3 is 1. The zero-order valence-corrected chi connectivity index (χ0v) is 21.5. The predicted molar refractivity (Wildman–Crippen MR) is 145 cm³/mol. The third-order valence-corrected chi connectivity index (χ3v) is 6.37. The van der Waals surface area contributed by atoms with E-state index < -0.39 is 5.97 Å². The average molecular weight is 499 g/mol. The monoisotopic (exact) mass is 498 g/mol. The fourth-order valence-electron chi connectivity index (χ4n) is 4.47. The minimum atomic E-state index is -0.572. The van der Waals surface area contributed by atoms with E-state index in [0.29, 0.717) is 28.9 Å². The van der Waals surface area contributed by atoms with Crippen LogP contribution in [0.4, 0.5) is 0 Å². The lowest BCUT2D eigenvalue weighted by Gasteiger charge is -2.06. The van der Waals surface area contributed by atoms with Gasteiger partial charge in [-0.3, -0.25) is 9.59 Å². The number of ketones is 2. The summed E-state index contributed by atoms with van der Waals surface area (Å²) < 4.78 is 7.36. The maximum absolute atomic E-state index is 13.3. The van der Waals surface area contributed by atoms with Crippen molar-refractivity contribution in [2.45, 2.75) is 46.6 Å². The molecule has 0 atom stereocenters. The molecule has 0 spiro atoms. The summed E-state index contributed by atoms with van der Waals surface area (Å²) in [5, 5.41) is 5.60. The van der Waals surface area contributed by atoms with Gasteiger partial charge in [-0.05, 0) is 80.4 Å². The summed E-state index contributed by atoms with van der Waals surface area (Å²) in [6.45, 7) is 6.06. The minimum Gasteiger partial charge on any atom is -0.497 e. The molecule has 3 aromatic carbocycles. The topological polar surface area (TPSA) is 87.0 Å². The van der Waals surface area contributed by atoms with Crippen LogP contribution in [0.2, 0.25) is 0 Å². The number of aromatic nitrogens is 1. The molecule has 0 saturated carbocycles. The van der Waals surface area contributed by atoms with Crippen LogP contribution in [0, 0.1) is 0 Å². The average Bonchev–Trinajstić information content (AvgIpc) is 3.24. The molecule has 0 N–H and O–H groups in total. The second kappa shape index (κ2) is 11.2. The van der Waals surface area contributed by atoms with E-state index in [-0.39, 0.29) is 17.3 Å². The van der Waals surface area contributed by atoms with Crippen LogP contribution in [-0.2, 0) is 16.2 Å². The van der Waals surface area contributed by atoms with Gasteiger partial charge >= 0.3 is 5.97 Å². The summed E-state index contributed by atoms with van der Waals surface area (Å²) in [5.41, 5.74) is 3.74. The quantitative estimate of drug-likeness (QED) is 0.110. The Morgan fingerprint density at radius 1 is 0.838 bits per heavy atom. The molecule has 0 aliphatic heterocycles. The fourth-order valence-corrected chi connectivity index (χ4v) is 4.47. The fraction of sp³-hybridized carbons (Fsp3) is 0.267. The van der Waals surface area contributed by atoms with Gasteiger partial charge in [0.2, 0.25) is 5.78 Å². The second-order valence-corrected chi connectivity index (χ2v) is 8.82. The van der Waals surface area contributed by atoms with Crippen molar-refractivity contribution in [1.29, 1.82) is 0 Å². The van der Waals surface area contributed by atoms with Crippen molar-refractivity contribution in [3.63, 3.8) is 0 Å². The van der Waals surface area contributed by atoms with Crippen molar-refractivity contribution < 1.29 is 24.0 Å². The Kier molecular flexibility index (Phi) is 7.82. The summed E-state index contributed by atoms with van der Waals surface area (Å²) in [6.07, 6.45) is 2.04. The normalized spacial score (nSPS) is 11.6. The smallest absolute Gasteiger partial charge is 0.331 e. The summed E-state index contributed by atoms with van der Waals surface area (Å²) >= 11 is 0. The first-order valence-corrected chi connectivity index (χ1v) is 12.4. The number of benzene rings is 3. The Morgan fingerprint density at radius 2 is 1.43 bits per heavy atom. The molecule has 0 unspecified atom stereocenters. The third kappa shape index (κ3) is 5.31. The molecule has 190 valence electrons. The first-order valence-electron chi connectivity index (χ1n) is 12.4. The van der Waals surface area contributed by atoms with Gasteiger partial charge in [-0.1, -0.05) is 18.5 Å². The number of carbonyl (C=O) groups is 3. The molecule has 4 rings (SSSR count). The highest BCUT2D eigenvalue weighted by atomic mass is 16.7. The van der Waals surface area contributed by atoms with E-state index in [4.69, 9.17) is 9.57 Å². The number of fused-ring (bicyclic) bond motifs is 3. The van der Waals surface area contributed by atoms with E-state index in [1.165, 1.54) is 6.92 Å². The Bertz CT molecular complexity index is 1510. The van der Waals surface area contributed by atoms with E-state index in [2.05, 4.69) is 16.6 Å². The van der Waals surface area contributed by atoms with Gasteiger partial charge in [0.05, 0.1) is 7.11 Å².